The van der Waals surface area contributed by atoms with Gasteiger partial charge in [-0.3, -0.25) is 14.9 Å². The molecule has 0 saturated carbocycles. The summed E-state index contributed by atoms with van der Waals surface area (Å²) in [5.41, 5.74) is 2.47. The second-order valence-electron chi connectivity index (χ2n) is 7.40. The number of nitrogens with one attached hydrogen (secondary N) is 2. The second-order valence-corrected chi connectivity index (χ2v) is 8.38. The Morgan fingerprint density at radius 3 is 2.29 bits per heavy atom. The minimum Gasteiger partial charge on any atom is -0.340 e. The van der Waals surface area contributed by atoms with Gasteiger partial charge in [-0.05, 0) is 41.5 Å². The van der Waals surface area contributed by atoms with E-state index in [0.717, 1.165) is 11.1 Å². The molecule has 0 aliphatic heterocycles. The van der Waals surface area contributed by atoms with Crippen LogP contribution in [0.5, 0.6) is 0 Å². The summed E-state index contributed by atoms with van der Waals surface area (Å²) in [5, 5.41) is 14.4. The predicted molar refractivity (Wildman–Crippen MR) is 131 cm³/mol. The topological polar surface area (TPSA) is 84.0 Å². The monoisotopic (exact) mass is 472 g/mol. The number of halogens is 1. The van der Waals surface area contributed by atoms with Gasteiger partial charge in [0.05, 0.1) is 0 Å². The Kier molecular flexibility index (Phi) is 7.52. The van der Waals surface area contributed by atoms with Crippen LogP contribution in [0.2, 0.25) is 0 Å². The Bertz CT molecular complexity index is 1280. The van der Waals surface area contributed by atoms with E-state index < -0.39 is 11.9 Å². The zero-order valence-corrected chi connectivity index (χ0v) is 18.8. The smallest absolute Gasteiger partial charge is 0.249 e. The number of hydrogen-bond donors (Lipinski definition) is 2. The van der Waals surface area contributed by atoms with Crippen molar-refractivity contribution in [1.29, 1.82) is 0 Å². The zero-order valence-electron chi connectivity index (χ0n) is 18.0. The van der Waals surface area contributed by atoms with Crippen LogP contribution in [0, 0.1) is 5.82 Å². The van der Waals surface area contributed by atoms with E-state index in [1.807, 2.05) is 60.7 Å². The summed E-state index contributed by atoms with van der Waals surface area (Å²) in [6.07, 6.45) is 3.39. The van der Waals surface area contributed by atoms with Gasteiger partial charge >= 0.3 is 0 Å². The highest BCUT2D eigenvalue weighted by Gasteiger charge is 2.22. The van der Waals surface area contributed by atoms with Crippen LogP contribution in [0.15, 0.2) is 91.0 Å². The Morgan fingerprint density at radius 2 is 1.59 bits per heavy atom. The van der Waals surface area contributed by atoms with Gasteiger partial charge in [0.25, 0.3) is 0 Å². The van der Waals surface area contributed by atoms with Gasteiger partial charge in [0.2, 0.25) is 16.9 Å². The summed E-state index contributed by atoms with van der Waals surface area (Å²) >= 11 is 1.17. The first kappa shape index (κ1) is 23.0. The molecule has 1 unspecified atom stereocenters. The molecule has 0 saturated heterocycles. The molecule has 3 aromatic carbocycles. The van der Waals surface area contributed by atoms with Gasteiger partial charge in [0.15, 0.2) is 0 Å². The van der Waals surface area contributed by atoms with E-state index in [1.165, 1.54) is 29.5 Å². The molecule has 8 heteroatoms. The number of benzene rings is 3. The van der Waals surface area contributed by atoms with Gasteiger partial charge in [-0.15, -0.1) is 10.2 Å². The fraction of sp³-hybridized carbons (Fsp3) is 0.0769. The maximum Gasteiger partial charge on any atom is 0.249 e. The number of aromatic nitrogens is 2. The van der Waals surface area contributed by atoms with Crippen molar-refractivity contribution in [2.24, 2.45) is 0 Å². The molecule has 1 aromatic heterocycles. The molecule has 34 heavy (non-hydrogen) atoms. The molecule has 4 aromatic rings. The Labute approximate surface area is 200 Å². The van der Waals surface area contributed by atoms with Crippen molar-refractivity contribution in [3.63, 3.8) is 0 Å². The van der Waals surface area contributed by atoms with Gasteiger partial charge in [-0.1, -0.05) is 72.0 Å². The molecule has 1 atom stereocenters. The minimum absolute atomic E-state index is 0.288. The first-order valence-electron chi connectivity index (χ1n) is 10.5. The molecule has 0 aliphatic carbocycles. The molecular formula is C26H21FN4O2S. The third-order valence-electron chi connectivity index (χ3n) is 4.89. The van der Waals surface area contributed by atoms with E-state index >= 15 is 0 Å². The average Bonchev–Trinajstić information content (AvgIpc) is 3.32. The minimum atomic E-state index is -0.825. The van der Waals surface area contributed by atoms with Crippen molar-refractivity contribution in [2.45, 2.75) is 12.5 Å². The molecule has 6 nitrogen and oxygen atoms in total. The first-order chi connectivity index (χ1) is 16.6. The van der Waals surface area contributed by atoms with Crippen LogP contribution >= 0.6 is 11.3 Å². The van der Waals surface area contributed by atoms with Crippen molar-refractivity contribution in [2.75, 3.05) is 5.32 Å². The third kappa shape index (κ3) is 6.43. The highest BCUT2D eigenvalue weighted by Crippen LogP contribution is 2.26. The summed E-state index contributed by atoms with van der Waals surface area (Å²) < 4.78 is 13.2. The van der Waals surface area contributed by atoms with Crippen molar-refractivity contribution in [1.82, 2.24) is 15.5 Å². The van der Waals surface area contributed by atoms with E-state index in [1.54, 1.807) is 18.2 Å². The highest BCUT2D eigenvalue weighted by molar-refractivity contribution is 7.18. The Morgan fingerprint density at radius 1 is 0.912 bits per heavy atom. The van der Waals surface area contributed by atoms with Gasteiger partial charge in [-0.2, -0.15) is 0 Å². The van der Waals surface area contributed by atoms with Crippen molar-refractivity contribution < 1.29 is 14.0 Å². The number of carbonyl (C=O) groups is 2. The number of carbonyl (C=O) groups excluding carboxylic acids is 2. The number of hydrogen-bond acceptors (Lipinski definition) is 5. The molecule has 0 spiro atoms. The van der Waals surface area contributed by atoms with E-state index in [4.69, 9.17) is 0 Å². The molecule has 0 aliphatic rings. The van der Waals surface area contributed by atoms with Crippen LogP contribution in [-0.4, -0.2) is 28.1 Å². The molecule has 4 rings (SSSR count). The lowest BCUT2D eigenvalue weighted by atomic mass is 10.1. The van der Waals surface area contributed by atoms with Crippen LogP contribution in [0.1, 0.15) is 11.1 Å². The summed E-state index contributed by atoms with van der Waals surface area (Å²) in [5.74, 6) is -1.14. The molecule has 170 valence electrons. The molecule has 0 fully saturated rings. The predicted octanol–water partition coefficient (Wildman–Crippen LogP) is 4.72. The summed E-state index contributed by atoms with van der Waals surface area (Å²) in [4.78, 5) is 25.6. The third-order valence-corrected chi connectivity index (χ3v) is 5.78. The van der Waals surface area contributed by atoms with Crippen LogP contribution in [0.25, 0.3) is 16.6 Å². The fourth-order valence-corrected chi connectivity index (χ4v) is 3.94. The lowest BCUT2D eigenvalue weighted by Crippen LogP contribution is -2.44. The van der Waals surface area contributed by atoms with Crippen molar-refractivity contribution in [3.8, 4) is 10.6 Å². The number of nitrogens with zero attached hydrogens (tertiary/aromatic N) is 2. The highest BCUT2D eigenvalue weighted by atomic mass is 32.1. The summed E-state index contributed by atoms with van der Waals surface area (Å²) in [6, 6.07) is 23.9. The standard InChI is InChI=1S/C26H21FN4O2S/c27-21-14-12-20(13-15-21)25-30-31-26(34-25)29-24(33)22(17-19-9-5-2-6-10-19)28-23(32)16-11-18-7-3-1-4-8-18/h1-16,22H,17H2,(H,28,32)(H,29,31,33). The quantitative estimate of drug-likeness (QED) is 0.364. The lowest BCUT2D eigenvalue weighted by Gasteiger charge is -2.17. The van der Waals surface area contributed by atoms with Gasteiger partial charge < -0.3 is 5.32 Å². The second kappa shape index (κ2) is 11.1. The largest absolute Gasteiger partial charge is 0.340 e. The van der Waals surface area contributed by atoms with E-state index in [-0.39, 0.29) is 16.9 Å². The van der Waals surface area contributed by atoms with E-state index in [2.05, 4.69) is 20.8 Å². The maximum atomic E-state index is 13.2. The van der Waals surface area contributed by atoms with Crippen LogP contribution in [0.3, 0.4) is 0 Å². The summed E-state index contributed by atoms with van der Waals surface area (Å²) in [7, 11) is 0. The molecule has 2 N–H and O–H groups in total. The van der Waals surface area contributed by atoms with E-state index in [9.17, 15) is 14.0 Å². The maximum absolute atomic E-state index is 13.2. The Balaban J connectivity index is 1.46. The average molecular weight is 473 g/mol. The number of anilines is 1. The molecular weight excluding hydrogens is 451 g/mol. The lowest BCUT2D eigenvalue weighted by molar-refractivity contribution is -0.123. The first-order valence-corrected chi connectivity index (χ1v) is 11.4. The zero-order chi connectivity index (χ0) is 23.8. The fourth-order valence-electron chi connectivity index (χ4n) is 3.19. The normalized spacial score (nSPS) is 11.8. The van der Waals surface area contributed by atoms with Gasteiger partial charge in [-0.25, -0.2) is 4.39 Å². The van der Waals surface area contributed by atoms with Crippen molar-refractivity contribution in [3.05, 3.63) is 108 Å². The molecule has 1 heterocycles. The van der Waals surface area contributed by atoms with Crippen molar-refractivity contribution >= 4 is 34.4 Å². The van der Waals surface area contributed by atoms with Gasteiger partial charge in [0, 0.05) is 18.1 Å². The Hall–Kier alpha value is -4.17. The van der Waals surface area contributed by atoms with Crippen LogP contribution in [-0.2, 0) is 16.0 Å². The SMILES string of the molecule is O=C(C=Cc1ccccc1)NC(Cc1ccccc1)C(=O)Nc1nnc(-c2ccc(F)cc2)s1. The van der Waals surface area contributed by atoms with E-state index in [0.29, 0.717) is 17.0 Å². The summed E-state index contributed by atoms with van der Waals surface area (Å²) in [6.45, 7) is 0. The number of rotatable bonds is 8. The van der Waals surface area contributed by atoms with Crippen LogP contribution in [0.4, 0.5) is 9.52 Å². The molecule has 0 bridgehead atoms. The molecule has 0 radical (unpaired) electrons. The molecule has 2 amide bonds. The number of amides is 2. The van der Waals surface area contributed by atoms with Crippen LogP contribution < -0.4 is 10.6 Å². The van der Waals surface area contributed by atoms with Gasteiger partial charge in [0.1, 0.15) is 16.9 Å².